The van der Waals surface area contributed by atoms with E-state index < -0.39 is 11.8 Å². The molecule has 4 rings (SSSR count). The summed E-state index contributed by atoms with van der Waals surface area (Å²) in [5, 5.41) is 3.51. The number of ether oxygens (including phenoxy) is 2. The smallest absolute Gasteiger partial charge is 0.283 e. The summed E-state index contributed by atoms with van der Waals surface area (Å²) >= 11 is 7.40. The predicted molar refractivity (Wildman–Crippen MR) is 131 cm³/mol. The SMILES string of the molecule is COc1ccc(NC2=C(Sc3ccc(C)cc3)C(=O)N(c3cc(Cl)ccc3OC)C2=O)cc1. The minimum Gasteiger partial charge on any atom is -0.497 e. The molecule has 3 aromatic rings. The number of carbonyl (C=O) groups is 2. The normalized spacial score (nSPS) is 13.5. The highest BCUT2D eigenvalue weighted by molar-refractivity contribution is 8.04. The predicted octanol–water partition coefficient (Wildman–Crippen LogP) is 5.65. The Bertz CT molecular complexity index is 1240. The van der Waals surface area contributed by atoms with Gasteiger partial charge in [-0.05, 0) is 61.5 Å². The Morgan fingerprint density at radius 2 is 1.58 bits per heavy atom. The van der Waals surface area contributed by atoms with Gasteiger partial charge in [0.15, 0.2) is 0 Å². The summed E-state index contributed by atoms with van der Waals surface area (Å²) in [5.41, 5.74) is 2.21. The first kappa shape index (κ1) is 22.8. The average molecular weight is 481 g/mol. The van der Waals surface area contributed by atoms with Crippen LogP contribution in [-0.4, -0.2) is 26.0 Å². The maximum absolute atomic E-state index is 13.5. The minimum absolute atomic E-state index is 0.178. The molecule has 168 valence electrons. The Morgan fingerprint density at radius 3 is 2.21 bits per heavy atom. The molecular formula is C25H21ClN2O4S. The van der Waals surface area contributed by atoms with Crippen LogP contribution in [0.2, 0.25) is 5.02 Å². The van der Waals surface area contributed by atoms with Crippen LogP contribution in [-0.2, 0) is 9.59 Å². The van der Waals surface area contributed by atoms with Crippen LogP contribution >= 0.6 is 23.4 Å². The lowest BCUT2D eigenvalue weighted by molar-refractivity contribution is -0.120. The number of thioether (sulfide) groups is 1. The van der Waals surface area contributed by atoms with E-state index in [1.165, 1.54) is 18.9 Å². The van der Waals surface area contributed by atoms with E-state index in [-0.39, 0.29) is 16.3 Å². The van der Waals surface area contributed by atoms with E-state index in [4.69, 9.17) is 21.1 Å². The maximum Gasteiger partial charge on any atom is 0.283 e. The van der Waals surface area contributed by atoms with Crippen molar-refractivity contribution < 1.29 is 19.1 Å². The molecular weight excluding hydrogens is 460 g/mol. The first-order valence-corrected chi connectivity index (χ1v) is 11.2. The van der Waals surface area contributed by atoms with E-state index in [1.54, 1.807) is 49.6 Å². The monoisotopic (exact) mass is 480 g/mol. The number of hydrogen-bond acceptors (Lipinski definition) is 6. The Balaban J connectivity index is 1.76. The lowest BCUT2D eigenvalue weighted by Gasteiger charge is -2.18. The van der Waals surface area contributed by atoms with Crippen molar-refractivity contribution >= 4 is 46.6 Å². The number of methoxy groups -OCH3 is 2. The number of nitrogens with one attached hydrogen (secondary N) is 1. The summed E-state index contributed by atoms with van der Waals surface area (Å²) in [6.45, 7) is 1.99. The highest BCUT2D eigenvalue weighted by Gasteiger charge is 2.41. The van der Waals surface area contributed by atoms with E-state index in [9.17, 15) is 9.59 Å². The minimum atomic E-state index is -0.494. The van der Waals surface area contributed by atoms with Crippen molar-refractivity contribution in [3.8, 4) is 11.5 Å². The molecule has 8 heteroatoms. The van der Waals surface area contributed by atoms with Gasteiger partial charge in [0, 0.05) is 15.6 Å². The zero-order valence-corrected chi connectivity index (χ0v) is 19.8. The summed E-state index contributed by atoms with van der Waals surface area (Å²) in [6, 6.07) is 19.7. The molecule has 1 N–H and O–H groups in total. The first-order chi connectivity index (χ1) is 15.9. The molecule has 0 atom stereocenters. The van der Waals surface area contributed by atoms with Crippen molar-refractivity contribution in [1.29, 1.82) is 0 Å². The van der Waals surface area contributed by atoms with Crippen molar-refractivity contribution in [3.63, 3.8) is 0 Å². The summed E-state index contributed by atoms with van der Waals surface area (Å²) in [5.74, 6) is 0.0996. The topological polar surface area (TPSA) is 67.9 Å². The van der Waals surface area contributed by atoms with Gasteiger partial charge in [0.2, 0.25) is 0 Å². The molecule has 0 fully saturated rings. The molecule has 6 nitrogen and oxygen atoms in total. The Kier molecular flexibility index (Phi) is 6.62. The van der Waals surface area contributed by atoms with Gasteiger partial charge in [-0.2, -0.15) is 0 Å². The fraction of sp³-hybridized carbons (Fsp3) is 0.120. The molecule has 0 saturated heterocycles. The van der Waals surface area contributed by atoms with Gasteiger partial charge in [0.1, 0.15) is 22.1 Å². The van der Waals surface area contributed by atoms with Crippen LogP contribution < -0.4 is 19.7 Å². The second kappa shape index (κ2) is 9.60. The third-order valence-electron chi connectivity index (χ3n) is 5.02. The zero-order valence-electron chi connectivity index (χ0n) is 18.2. The fourth-order valence-corrected chi connectivity index (χ4v) is 4.41. The second-order valence-corrected chi connectivity index (χ2v) is 8.75. The molecule has 0 saturated carbocycles. The number of halogens is 1. The quantitative estimate of drug-likeness (QED) is 0.440. The Morgan fingerprint density at radius 1 is 0.879 bits per heavy atom. The van der Waals surface area contributed by atoms with Crippen LogP contribution in [0.25, 0.3) is 0 Å². The van der Waals surface area contributed by atoms with Gasteiger partial charge in [-0.3, -0.25) is 9.59 Å². The van der Waals surface area contributed by atoms with Gasteiger partial charge >= 0.3 is 0 Å². The summed E-state index contributed by atoms with van der Waals surface area (Å²) < 4.78 is 10.6. The van der Waals surface area contributed by atoms with Gasteiger partial charge in [-0.1, -0.05) is 41.1 Å². The van der Waals surface area contributed by atoms with Crippen LogP contribution in [0, 0.1) is 6.92 Å². The van der Waals surface area contributed by atoms with E-state index in [2.05, 4.69) is 5.32 Å². The molecule has 1 aliphatic heterocycles. The molecule has 0 radical (unpaired) electrons. The third kappa shape index (κ3) is 4.69. The molecule has 1 aliphatic rings. The molecule has 0 aromatic heterocycles. The first-order valence-electron chi connectivity index (χ1n) is 10.0. The van der Waals surface area contributed by atoms with E-state index in [0.717, 1.165) is 15.4 Å². The molecule has 0 bridgehead atoms. The standard InChI is InChI=1S/C25H21ClN2O4S/c1-15-4-11-19(12-5-15)33-23-22(27-17-7-9-18(31-2)10-8-17)24(29)28(25(23)30)20-14-16(26)6-13-21(20)32-3/h4-14,27H,1-3H3. The number of anilines is 2. The fourth-order valence-electron chi connectivity index (χ4n) is 3.31. The number of hydrogen-bond donors (Lipinski definition) is 1. The largest absolute Gasteiger partial charge is 0.497 e. The van der Waals surface area contributed by atoms with Crippen molar-refractivity contribution in [3.05, 3.63) is 87.9 Å². The molecule has 1 heterocycles. The van der Waals surface area contributed by atoms with E-state index in [0.29, 0.717) is 22.2 Å². The lowest BCUT2D eigenvalue weighted by Crippen LogP contribution is -2.32. The van der Waals surface area contributed by atoms with Gasteiger partial charge in [0.25, 0.3) is 11.8 Å². The Hall–Kier alpha value is -3.42. The van der Waals surface area contributed by atoms with Gasteiger partial charge in [-0.15, -0.1) is 0 Å². The summed E-state index contributed by atoms with van der Waals surface area (Å²) in [7, 11) is 3.06. The molecule has 2 amide bonds. The molecule has 33 heavy (non-hydrogen) atoms. The summed E-state index contributed by atoms with van der Waals surface area (Å²) in [6.07, 6.45) is 0. The summed E-state index contributed by atoms with van der Waals surface area (Å²) in [4.78, 5) is 29.3. The van der Waals surface area contributed by atoms with Gasteiger partial charge in [-0.25, -0.2) is 4.90 Å². The number of aryl methyl sites for hydroxylation is 1. The van der Waals surface area contributed by atoms with Crippen molar-refractivity contribution in [1.82, 2.24) is 0 Å². The van der Waals surface area contributed by atoms with Crippen LogP contribution in [0.4, 0.5) is 11.4 Å². The maximum atomic E-state index is 13.5. The highest BCUT2D eigenvalue weighted by Crippen LogP contribution is 2.41. The number of benzene rings is 3. The van der Waals surface area contributed by atoms with Gasteiger partial charge in [0.05, 0.1) is 19.9 Å². The van der Waals surface area contributed by atoms with E-state index in [1.807, 2.05) is 31.2 Å². The molecule has 0 spiro atoms. The van der Waals surface area contributed by atoms with Crippen molar-refractivity contribution in [2.45, 2.75) is 11.8 Å². The number of rotatable bonds is 7. The number of imide groups is 1. The van der Waals surface area contributed by atoms with Gasteiger partial charge < -0.3 is 14.8 Å². The molecule has 0 aliphatic carbocycles. The zero-order chi connectivity index (χ0) is 23.5. The van der Waals surface area contributed by atoms with Crippen LogP contribution in [0.1, 0.15) is 5.56 Å². The Labute approximate surface area is 201 Å². The van der Waals surface area contributed by atoms with Crippen molar-refractivity contribution in [2.24, 2.45) is 0 Å². The number of carbonyl (C=O) groups excluding carboxylic acids is 2. The average Bonchev–Trinajstić information content (AvgIpc) is 3.04. The van der Waals surface area contributed by atoms with Crippen LogP contribution in [0.5, 0.6) is 11.5 Å². The lowest BCUT2D eigenvalue weighted by atomic mass is 10.2. The van der Waals surface area contributed by atoms with Crippen molar-refractivity contribution in [2.75, 3.05) is 24.4 Å². The van der Waals surface area contributed by atoms with Crippen LogP contribution in [0.3, 0.4) is 0 Å². The molecule has 3 aromatic carbocycles. The third-order valence-corrected chi connectivity index (χ3v) is 6.35. The second-order valence-electron chi connectivity index (χ2n) is 7.23. The number of nitrogens with zero attached hydrogens (tertiary/aromatic N) is 1. The highest BCUT2D eigenvalue weighted by atomic mass is 35.5. The van der Waals surface area contributed by atoms with E-state index >= 15 is 0 Å². The molecule has 0 unspecified atom stereocenters. The number of amides is 2. The van der Waals surface area contributed by atoms with Crippen LogP contribution in [0.15, 0.2) is 82.2 Å².